The standard InChI is InChI=1S/C24H18F4N2O2S/c1-33(31,32)20-13-9-18(10-14-20)22-21(17-7-11-19(25)12-8-17)23(24(26,27)28)30(29-22)15-16-5-3-2-4-6-16/h2-14H,15H2,1H3. The number of nitrogens with zero attached hydrogens (tertiary/aromatic N) is 2. The van der Waals surface area contributed by atoms with E-state index in [0.29, 0.717) is 11.1 Å². The van der Waals surface area contributed by atoms with Gasteiger partial charge in [0.1, 0.15) is 11.5 Å². The molecule has 4 aromatic rings. The van der Waals surface area contributed by atoms with Crippen molar-refractivity contribution in [1.82, 2.24) is 9.78 Å². The molecular formula is C24H18F4N2O2S. The van der Waals surface area contributed by atoms with Crippen LogP contribution in [0.5, 0.6) is 0 Å². The average molecular weight is 474 g/mol. The highest BCUT2D eigenvalue weighted by molar-refractivity contribution is 7.90. The summed E-state index contributed by atoms with van der Waals surface area (Å²) >= 11 is 0. The van der Waals surface area contributed by atoms with Crippen LogP contribution in [0.25, 0.3) is 22.4 Å². The molecule has 0 aliphatic carbocycles. The second kappa shape index (κ2) is 8.47. The smallest absolute Gasteiger partial charge is 0.255 e. The average Bonchev–Trinajstić information content (AvgIpc) is 3.14. The van der Waals surface area contributed by atoms with Crippen LogP contribution in [0.2, 0.25) is 0 Å². The van der Waals surface area contributed by atoms with Gasteiger partial charge >= 0.3 is 6.18 Å². The van der Waals surface area contributed by atoms with Gasteiger partial charge in [0.25, 0.3) is 0 Å². The number of hydrogen-bond acceptors (Lipinski definition) is 3. The molecule has 0 aliphatic rings. The Kier molecular flexibility index (Phi) is 5.84. The number of halogens is 4. The molecule has 33 heavy (non-hydrogen) atoms. The van der Waals surface area contributed by atoms with Crippen molar-refractivity contribution >= 4 is 9.84 Å². The van der Waals surface area contributed by atoms with Crippen LogP contribution in [0.1, 0.15) is 11.3 Å². The number of rotatable bonds is 5. The fraction of sp³-hybridized carbons (Fsp3) is 0.125. The molecule has 3 aromatic carbocycles. The van der Waals surface area contributed by atoms with Gasteiger partial charge in [0.15, 0.2) is 15.5 Å². The highest BCUT2D eigenvalue weighted by Gasteiger charge is 2.40. The van der Waals surface area contributed by atoms with E-state index in [0.717, 1.165) is 23.1 Å². The molecule has 0 saturated heterocycles. The maximum absolute atomic E-state index is 14.3. The van der Waals surface area contributed by atoms with Gasteiger partial charge in [0.05, 0.1) is 11.4 Å². The van der Waals surface area contributed by atoms with Gasteiger partial charge in [-0.05, 0) is 35.4 Å². The van der Waals surface area contributed by atoms with Crippen LogP contribution in [-0.2, 0) is 22.6 Å². The molecule has 170 valence electrons. The summed E-state index contributed by atoms with van der Waals surface area (Å²) in [7, 11) is -3.48. The fourth-order valence-corrected chi connectivity index (χ4v) is 4.20. The summed E-state index contributed by atoms with van der Waals surface area (Å²) in [5.74, 6) is -0.581. The van der Waals surface area contributed by atoms with Crippen LogP contribution in [0.4, 0.5) is 17.6 Å². The van der Waals surface area contributed by atoms with E-state index < -0.39 is 27.5 Å². The van der Waals surface area contributed by atoms with Gasteiger partial charge in [-0.2, -0.15) is 18.3 Å². The van der Waals surface area contributed by atoms with E-state index in [9.17, 15) is 26.0 Å². The third kappa shape index (κ3) is 4.83. The van der Waals surface area contributed by atoms with E-state index in [1.807, 2.05) is 0 Å². The zero-order valence-corrected chi connectivity index (χ0v) is 18.2. The van der Waals surface area contributed by atoms with E-state index in [4.69, 9.17) is 0 Å². The molecule has 0 unspecified atom stereocenters. The molecule has 4 rings (SSSR count). The van der Waals surface area contributed by atoms with Gasteiger partial charge in [-0.3, -0.25) is 4.68 Å². The summed E-state index contributed by atoms with van der Waals surface area (Å²) in [5, 5.41) is 4.29. The Balaban J connectivity index is 1.97. The number of sulfone groups is 1. The lowest BCUT2D eigenvalue weighted by atomic mass is 9.98. The highest BCUT2D eigenvalue weighted by Crippen LogP contribution is 2.43. The lowest BCUT2D eigenvalue weighted by molar-refractivity contribution is -0.143. The quantitative estimate of drug-likeness (QED) is 0.342. The molecule has 4 nitrogen and oxygen atoms in total. The topological polar surface area (TPSA) is 52.0 Å². The van der Waals surface area contributed by atoms with Crippen molar-refractivity contribution in [2.24, 2.45) is 0 Å². The molecular weight excluding hydrogens is 456 g/mol. The minimum Gasteiger partial charge on any atom is -0.255 e. The Labute approximate surface area is 188 Å². The summed E-state index contributed by atoms with van der Waals surface area (Å²) in [4.78, 5) is 0.0364. The number of hydrogen-bond donors (Lipinski definition) is 0. The van der Waals surface area contributed by atoms with Gasteiger partial charge in [-0.1, -0.05) is 54.6 Å². The van der Waals surface area contributed by atoms with Crippen LogP contribution >= 0.6 is 0 Å². The molecule has 0 saturated carbocycles. The van der Waals surface area contributed by atoms with Gasteiger partial charge in [0.2, 0.25) is 0 Å². The number of aromatic nitrogens is 2. The Morgan fingerprint density at radius 1 is 0.848 bits per heavy atom. The third-order valence-corrected chi connectivity index (χ3v) is 6.21. The summed E-state index contributed by atoms with van der Waals surface area (Å²) in [5.41, 5.74) is -0.0880. The van der Waals surface area contributed by atoms with Crippen molar-refractivity contribution < 1.29 is 26.0 Å². The first-order chi connectivity index (χ1) is 15.5. The minimum atomic E-state index is -4.75. The number of alkyl halides is 3. The third-order valence-electron chi connectivity index (χ3n) is 5.08. The molecule has 0 atom stereocenters. The minimum absolute atomic E-state index is 0.0184. The Morgan fingerprint density at radius 3 is 1.97 bits per heavy atom. The van der Waals surface area contributed by atoms with Gasteiger partial charge < -0.3 is 0 Å². The monoisotopic (exact) mass is 474 g/mol. The Bertz CT molecular complexity index is 1380. The van der Waals surface area contributed by atoms with Crippen molar-refractivity contribution in [3.8, 4) is 22.4 Å². The summed E-state index contributed by atoms with van der Waals surface area (Å²) in [6, 6.07) is 18.8. The predicted molar refractivity (Wildman–Crippen MR) is 117 cm³/mol. The molecule has 9 heteroatoms. The van der Waals surface area contributed by atoms with E-state index in [1.165, 1.54) is 36.4 Å². The largest absolute Gasteiger partial charge is 0.433 e. The highest BCUT2D eigenvalue weighted by atomic mass is 32.2. The van der Waals surface area contributed by atoms with Crippen LogP contribution in [0.3, 0.4) is 0 Å². The van der Waals surface area contributed by atoms with Gasteiger partial charge in [0, 0.05) is 17.4 Å². The molecule has 0 aliphatic heterocycles. The van der Waals surface area contributed by atoms with E-state index in [1.54, 1.807) is 30.3 Å². The normalized spacial score (nSPS) is 12.2. The molecule has 0 radical (unpaired) electrons. The van der Waals surface area contributed by atoms with Crippen molar-refractivity contribution in [2.45, 2.75) is 17.6 Å². The molecule has 0 spiro atoms. The van der Waals surface area contributed by atoms with E-state index in [2.05, 4.69) is 5.10 Å². The van der Waals surface area contributed by atoms with E-state index >= 15 is 0 Å². The SMILES string of the molecule is CS(=O)(=O)c1ccc(-c2nn(Cc3ccccc3)c(C(F)(F)F)c2-c2ccc(F)cc2)cc1. The molecule has 1 heterocycles. The predicted octanol–water partition coefficient (Wildman–Crippen LogP) is 5.83. The lowest BCUT2D eigenvalue weighted by Crippen LogP contribution is -2.16. The lowest BCUT2D eigenvalue weighted by Gasteiger charge is -2.13. The van der Waals surface area contributed by atoms with Crippen molar-refractivity contribution in [2.75, 3.05) is 6.26 Å². The zero-order chi connectivity index (χ0) is 23.8. The summed E-state index contributed by atoms with van der Waals surface area (Å²) < 4.78 is 80.9. The molecule has 0 bridgehead atoms. The summed E-state index contributed by atoms with van der Waals surface area (Å²) in [6.07, 6.45) is -3.71. The summed E-state index contributed by atoms with van der Waals surface area (Å²) in [6.45, 7) is -0.134. The Morgan fingerprint density at radius 2 is 1.42 bits per heavy atom. The first-order valence-corrected chi connectivity index (χ1v) is 11.7. The first kappa shape index (κ1) is 22.7. The van der Waals surface area contributed by atoms with Crippen LogP contribution < -0.4 is 0 Å². The molecule has 0 fully saturated rings. The van der Waals surface area contributed by atoms with Crippen molar-refractivity contribution in [3.63, 3.8) is 0 Å². The molecule has 1 aromatic heterocycles. The van der Waals surface area contributed by atoms with Crippen LogP contribution in [0.15, 0.2) is 83.8 Å². The number of benzene rings is 3. The van der Waals surface area contributed by atoms with Crippen molar-refractivity contribution in [1.29, 1.82) is 0 Å². The molecule has 0 N–H and O–H groups in total. The Hall–Kier alpha value is -3.46. The fourth-order valence-electron chi connectivity index (χ4n) is 3.57. The van der Waals surface area contributed by atoms with Crippen LogP contribution in [-0.4, -0.2) is 24.5 Å². The van der Waals surface area contributed by atoms with Gasteiger partial charge in [-0.25, -0.2) is 12.8 Å². The second-order valence-electron chi connectivity index (χ2n) is 7.52. The van der Waals surface area contributed by atoms with Gasteiger partial charge in [-0.15, -0.1) is 0 Å². The van der Waals surface area contributed by atoms with Crippen molar-refractivity contribution in [3.05, 3.63) is 95.9 Å². The zero-order valence-electron chi connectivity index (χ0n) is 17.3. The first-order valence-electron chi connectivity index (χ1n) is 9.82. The maximum atomic E-state index is 14.3. The van der Waals surface area contributed by atoms with Crippen LogP contribution in [0, 0.1) is 5.82 Å². The second-order valence-corrected chi connectivity index (χ2v) is 9.53. The van der Waals surface area contributed by atoms with E-state index in [-0.39, 0.29) is 28.3 Å². The maximum Gasteiger partial charge on any atom is 0.433 e. The molecule has 0 amide bonds.